The van der Waals surface area contributed by atoms with Gasteiger partial charge in [0.25, 0.3) is 0 Å². The van der Waals surface area contributed by atoms with Crippen LogP contribution in [-0.4, -0.2) is 6.54 Å². The molecule has 200 valence electrons. The predicted molar refractivity (Wildman–Crippen MR) is 169 cm³/mol. The number of benzene rings is 3. The molecule has 39 heavy (non-hydrogen) atoms. The van der Waals surface area contributed by atoms with E-state index in [1.54, 1.807) is 0 Å². The van der Waals surface area contributed by atoms with Crippen LogP contribution in [0.15, 0.2) is 102 Å². The normalized spacial score (nSPS) is 16.2. The fourth-order valence-corrected chi connectivity index (χ4v) is 6.06. The van der Waals surface area contributed by atoms with Crippen molar-refractivity contribution in [2.75, 3.05) is 11.4 Å². The summed E-state index contributed by atoms with van der Waals surface area (Å²) in [7, 11) is 0. The van der Waals surface area contributed by atoms with Crippen molar-refractivity contribution in [2.24, 2.45) is 0 Å². The first kappa shape index (κ1) is 26.9. The second-order valence-electron chi connectivity index (χ2n) is 11.4. The summed E-state index contributed by atoms with van der Waals surface area (Å²) in [5.41, 5.74) is 7.97. The minimum absolute atomic E-state index is 0.0633. The third-order valence-corrected chi connectivity index (χ3v) is 8.23. The molecule has 1 aliphatic heterocycles. The Bertz CT molecular complexity index is 1570. The Kier molecular flexibility index (Phi) is 8.02. The number of para-hydroxylation sites is 1. The molecule has 0 amide bonds. The molecule has 0 atom stereocenters. The Balaban J connectivity index is 1.49. The van der Waals surface area contributed by atoms with Gasteiger partial charge in [0.1, 0.15) is 6.54 Å². The maximum atomic E-state index is 2.57. The van der Waals surface area contributed by atoms with Crippen LogP contribution >= 0.6 is 0 Å². The maximum Gasteiger partial charge on any atom is 0.213 e. The molecule has 4 aromatic rings. The van der Waals surface area contributed by atoms with E-state index in [-0.39, 0.29) is 5.41 Å². The molecule has 0 fully saturated rings. The highest BCUT2D eigenvalue weighted by Crippen LogP contribution is 2.50. The van der Waals surface area contributed by atoms with Gasteiger partial charge in [0.15, 0.2) is 6.20 Å². The summed E-state index contributed by atoms with van der Waals surface area (Å²) < 4.78 is 2.39. The van der Waals surface area contributed by atoms with E-state index in [9.17, 15) is 0 Å². The molecule has 1 aliphatic rings. The van der Waals surface area contributed by atoms with Crippen molar-refractivity contribution < 1.29 is 4.57 Å². The molecule has 0 spiro atoms. The molecule has 0 bridgehead atoms. The molecule has 5 rings (SSSR count). The molecular formula is C37H43N2+. The lowest BCUT2D eigenvalue weighted by Gasteiger charge is -2.27. The number of unbranched alkanes of at least 4 members (excludes halogenated alkanes) is 2. The van der Waals surface area contributed by atoms with Gasteiger partial charge >= 0.3 is 0 Å². The first-order chi connectivity index (χ1) is 19.0. The number of anilines is 1. The maximum absolute atomic E-state index is 2.57. The van der Waals surface area contributed by atoms with E-state index in [1.165, 1.54) is 75.4 Å². The lowest BCUT2D eigenvalue weighted by atomic mass is 9.81. The Hall–Kier alpha value is -3.65. The Labute approximate surface area is 235 Å². The highest BCUT2D eigenvalue weighted by Gasteiger charge is 2.40. The fourth-order valence-electron chi connectivity index (χ4n) is 6.06. The van der Waals surface area contributed by atoms with Crippen molar-refractivity contribution in [1.29, 1.82) is 0 Å². The van der Waals surface area contributed by atoms with Crippen LogP contribution in [0.5, 0.6) is 0 Å². The van der Waals surface area contributed by atoms with E-state index in [4.69, 9.17) is 0 Å². The lowest BCUT2D eigenvalue weighted by Crippen LogP contribution is -2.34. The zero-order valence-corrected chi connectivity index (χ0v) is 24.4. The van der Waals surface area contributed by atoms with Crippen LogP contribution < -0.4 is 9.47 Å². The van der Waals surface area contributed by atoms with Crippen LogP contribution in [0.1, 0.15) is 71.4 Å². The average molecular weight is 516 g/mol. The van der Waals surface area contributed by atoms with E-state index in [2.05, 4.69) is 141 Å². The molecule has 2 heteroatoms. The number of hydrogen-bond donors (Lipinski definition) is 0. The van der Waals surface area contributed by atoms with Gasteiger partial charge in [-0.05, 0) is 53.5 Å². The summed E-state index contributed by atoms with van der Waals surface area (Å²) in [6.07, 6.45) is 16.2. The second-order valence-corrected chi connectivity index (χ2v) is 11.4. The molecule has 2 heterocycles. The van der Waals surface area contributed by atoms with E-state index < -0.39 is 0 Å². The number of fused-ring (bicyclic) bond motifs is 4. The van der Waals surface area contributed by atoms with Crippen LogP contribution in [0.4, 0.5) is 5.69 Å². The first-order valence-electron chi connectivity index (χ1n) is 14.7. The zero-order valence-electron chi connectivity index (χ0n) is 24.4. The van der Waals surface area contributed by atoms with Gasteiger partial charge in [-0.15, -0.1) is 0 Å². The summed E-state index contributed by atoms with van der Waals surface area (Å²) in [5.74, 6) is 0. The molecule has 3 aromatic carbocycles. The molecular weight excluding hydrogens is 472 g/mol. The molecule has 0 N–H and O–H groups in total. The number of aryl methyl sites for hydroxylation is 1. The third-order valence-electron chi connectivity index (χ3n) is 8.23. The van der Waals surface area contributed by atoms with Crippen molar-refractivity contribution in [3.8, 4) is 0 Å². The van der Waals surface area contributed by atoms with Gasteiger partial charge in [-0.1, -0.05) is 107 Å². The highest BCUT2D eigenvalue weighted by atomic mass is 15.2. The molecule has 0 aliphatic carbocycles. The third kappa shape index (κ3) is 5.30. The molecule has 1 aromatic heterocycles. The van der Waals surface area contributed by atoms with Gasteiger partial charge in [-0.2, -0.15) is 4.57 Å². The van der Waals surface area contributed by atoms with Crippen LogP contribution in [-0.2, 0) is 12.0 Å². The van der Waals surface area contributed by atoms with Crippen molar-refractivity contribution in [2.45, 2.75) is 72.3 Å². The molecule has 0 saturated heterocycles. The van der Waals surface area contributed by atoms with Crippen molar-refractivity contribution in [3.63, 3.8) is 0 Å². The van der Waals surface area contributed by atoms with Gasteiger partial charge < -0.3 is 4.90 Å². The zero-order chi connectivity index (χ0) is 27.4. The van der Waals surface area contributed by atoms with Gasteiger partial charge in [-0.25, -0.2) is 0 Å². The first-order valence-corrected chi connectivity index (χ1v) is 14.7. The highest BCUT2D eigenvalue weighted by molar-refractivity contribution is 5.95. The van der Waals surface area contributed by atoms with E-state index in [1.807, 2.05) is 0 Å². The Morgan fingerprint density at radius 2 is 1.62 bits per heavy atom. The average Bonchev–Trinajstić information content (AvgIpc) is 3.18. The molecule has 0 radical (unpaired) electrons. The van der Waals surface area contributed by atoms with Crippen LogP contribution in [0, 0.1) is 0 Å². The second kappa shape index (κ2) is 11.6. The minimum Gasteiger partial charge on any atom is -0.344 e. The molecule has 2 nitrogen and oxygen atoms in total. The predicted octanol–water partition coefficient (Wildman–Crippen LogP) is 9.52. The van der Waals surface area contributed by atoms with E-state index in [0.717, 1.165) is 13.1 Å². The number of hydrogen-bond acceptors (Lipinski definition) is 1. The van der Waals surface area contributed by atoms with Gasteiger partial charge in [-0.3, -0.25) is 0 Å². The summed E-state index contributed by atoms with van der Waals surface area (Å²) >= 11 is 0. The number of pyridine rings is 1. The van der Waals surface area contributed by atoms with Crippen molar-refractivity contribution >= 4 is 33.4 Å². The van der Waals surface area contributed by atoms with Gasteiger partial charge in [0.05, 0.1) is 5.39 Å². The number of nitrogens with zero attached hydrogens (tertiary/aromatic N) is 2. The largest absolute Gasteiger partial charge is 0.344 e. The van der Waals surface area contributed by atoms with Crippen molar-refractivity contribution in [3.05, 3.63) is 114 Å². The topological polar surface area (TPSA) is 7.12 Å². The summed E-state index contributed by atoms with van der Waals surface area (Å²) in [6, 6.07) is 24.5. The minimum atomic E-state index is -0.0633. The Morgan fingerprint density at radius 1 is 0.872 bits per heavy atom. The summed E-state index contributed by atoms with van der Waals surface area (Å²) in [5, 5.41) is 4.00. The SMILES string of the molecule is CCCCN1C(=CC=C(C)C=Cc2cc[n+](CCCC)c3ccccc23)C(C)(C)c2c1ccc1ccccc21. The van der Waals surface area contributed by atoms with Crippen molar-refractivity contribution in [1.82, 2.24) is 0 Å². The van der Waals surface area contributed by atoms with Gasteiger partial charge in [0.2, 0.25) is 5.52 Å². The van der Waals surface area contributed by atoms with Crippen LogP contribution in [0.2, 0.25) is 0 Å². The van der Waals surface area contributed by atoms with Gasteiger partial charge in [0, 0.05) is 41.9 Å². The summed E-state index contributed by atoms with van der Waals surface area (Å²) in [6.45, 7) is 13.6. The lowest BCUT2D eigenvalue weighted by molar-refractivity contribution is -0.671. The van der Waals surface area contributed by atoms with E-state index in [0.29, 0.717) is 0 Å². The number of rotatable bonds is 9. The standard InChI is InChI=1S/C37H43N2/c1-6-8-25-38-27-24-30(31-15-12-13-17-33(31)38)20-18-28(3)19-23-35-37(4,5)36-32-16-11-10-14-29(32)21-22-34(36)39(35)26-9-7-2/h10-24,27H,6-9,25-26H2,1-5H3/q+1. The quantitative estimate of drug-likeness (QED) is 0.159. The number of allylic oxidation sites excluding steroid dienone is 5. The fraction of sp³-hybridized carbons (Fsp3) is 0.324. The number of aromatic nitrogens is 1. The molecule has 0 saturated carbocycles. The van der Waals surface area contributed by atoms with Crippen LogP contribution in [0.25, 0.3) is 27.8 Å². The Morgan fingerprint density at radius 3 is 2.41 bits per heavy atom. The summed E-state index contributed by atoms with van der Waals surface area (Å²) in [4.78, 5) is 2.57. The van der Waals surface area contributed by atoms with E-state index >= 15 is 0 Å². The van der Waals surface area contributed by atoms with Crippen LogP contribution in [0.3, 0.4) is 0 Å². The monoisotopic (exact) mass is 515 g/mol. The molecule has 0 unspecified atom stereocenters. The smallest absolute Gasteiger partial charge is 0.213 e.